The lowest BCUT2D eigenvalue weighted by atomic mass is 9.99. The van der Waals surface area contributed by atoms with Gasteiger partial charge in [0.15, 0.2) is 0 Å². The smallest absolute Gasteiger partial charge is 0.0657 e. The molecule has 1 spiro atoms. The number of hydrogen-bond acceptors (Lipinski definition) is 3. The van der Waals surface area contributed by atoms with E-state index in [2.05, 4.69) is 5.32 Å². The summed E-state index contributed by atoms with van der Waals surface area (Å²) in [5.41, 5.74) is 0.364. The van der Waals surface area contributed by atoms with Gasteiger partial charge in [0.2, 0.25) is 0 Å². The highest BCUT2D eigenvalue weighted by molar-refractivity contribution is 7.99. The Morgan fingerprint density at radius 2 is 2.50 bits per heavy atom. The summed E-state index contributed by atoms with van der Waals surface area (Å²) in [7, 11) is 0. The van der Waals surface area contributed by atoms with Gasteiger partial charge in [-0.15, -0.1) is 0 Å². The summed E-state index contributed by atoms with van der Waals surface area (Å²) < 4.78 is 5.43. The highest BCUT2D eigenvalue weighted by atomic mass is 32.2. The first-order chi connectivity index (χ1) is 4.91. The Labute approximate surface area is 65.7 Å². The van der Waals surface area contributed by atoms with E-state index in [1.807, 2.05) is 11.8 Å². The summed E-state index contributed by atoms with van der Waals surface area (Å²) in [5.74, 6) is 2.54. The molecule has 0 aliphatic carbocycles. The van der Waals surface area contributed by atoms with Crippen molar-refractivity contribution in [2.24, 2.45) is 0 Å². The molecule has 2 aliphatic rings. The first-order valence-corrected chi connectivity index (χ1v) is 4.97. The molecule has 0 aromatic carbocycles. The average Bonchev–Trinajstić information content (AvgIpc) is 2.39. The lowest BCUT2D eigenvalue weighted by Gasteiger charge is -2.33. The van der Waals surface area contributed by atoms with Crippen molar-refractivity contribution >= 4 is 11.8 Å². The summed E-state index contributed by atoms with van der Waals surface area (Å²) in [6.45, 7) is 2.87. The molecule has 2 fully saturated rings. The first-order valence-electron chi connectivity index (χ1n) is 3.82. The van der Waals surface area contributed by atoms with Crippen LogP contribution < -0.4 is 5.32 Å². The molecule has 1 unspecified atom stereocenters. The van der Waals surface area contributed by atoms with E-state index in [1.165, 1.54) is 17.9 Å². The Kier molecular flexibility index (Phi) is 1.89. The fraction of sp³-hybridized carbons (Fsp3) is 1.00. The fourth-order valence-electron chi connectivity index (χ4n) is 1.57. The molecule has 0 saturated carbocycles. The molecular weight excluding hydrogens is 146 g/mol. The van der Waals surface area contributed by atoms with Crippen LogP contribution in [-0.2, 0) is 4.74 Å². The predicted molar refractivity (Wildman–Crippen MR) is 43.5 cm³/mol. The molecule has 58 valence electrons. The van der Waals surface area contributed by atoms with E-state index in [9.17, 15) is 0 Å². The van der Waals surface area contributed by atoms with Gasteiger partial charge in [-0.25, -0.2) is 0 Å². The van der Waals surface area contributed by atoms with Crippen LogP contribution in [0.1, 0.15) is 6.42 Å². The van der Waals surface area contributed by atoms with Crippen LogP contribution in [0.15, 0.2) is 0 Å². The zero-order valence-electron chi connectivity index (χ0n) is 6.06. The minimum Gasteiger partial charge on any atom is -0.378 e. The maximum atomic E-state index is 5.43. The molecule has 3 heteroatoms. The van der Waals surface area contributed by atoms with Gasteiger partial charge in [0, 0.05) is 12.3 Å². The molecule has 2 aliphatic heterocycles. The maximum absolute atomic E-state index is 5.43. The number of rotatable bonds is 0. The Morgan fingerprint density at radius 3 is 3.10 bits per heavy atom. The van der Waals surface area contributed by atoms with E-state index in [0.29, 0.717) is 5.54 Å². The number of ether oxygens (including phenoxy) is 1. The van der Waals surface area contributed by atoms with Gasteiger partial charge < -0.3 is 10.1 Å². The third-order valence-corrected chi connectivity index (χ3v) is 3.48. The monoisotopic (exact) mass is 159 g/mol. The summed E-state index contributed by atoms with van der Waals surface area (Å²) in [4.78, 5) is 0. The summed E-state index contributed by atoms with van der Waals surface area (Å²) in [6, 6.07) is 0. The molecule has 0 radical (unpaired) electrons. The van der Waals surface area contributed by atoms with Gasteiger partial charge in [0.1, 0.15) is 0 Å². The third-order valence-electron chi connectivity index (χ3n) is 2.23. The Balaban J connectivity index is 1.98. The van der Waals surface area contributed by atoms with E-state index in [4.69, 9.17) is 4.74 Å². The van der Waals surface area contributed by atoms with Crippen molar-refractivity contribution in [3.8, 4) is 0 Å². The minimum absolute atomic E-state index is 0.364. The second-order valence-corrected chi connectivity index (χ2v) is 4.17. The zero-order valence-corrected chi connectivity index (χ0v) is 6.88. The lowest BCUT2D eigenvalue weighted by molar-refractivity contribution is 0.0388. The van der Waals surface area contributed by atoms with Gasteiger partial charge in [-0.2, -0.15) is 11.8 Å². The lowest BCUT2D eigenvalue weighted by Crippen LogP contribution is -2.54. The van der Waals surface area contributed by atoms with Gasteiger partial charge in [-0.05, 0) is 12.2 Å². The van der Waals surface area contributed by atoms with E-state index in [1.54, 1.807) is 0 Å². The second-order valence-electron chi connectivity index (χ2n) is 3.06. The van der Waals surface area contributed by atoms with Crippen LogP contribution in [0.4, 0.5) is 0 Å². The summed E-state index contributed by atoms with van der Waals surface area (Å²) in [6.07, 6.45) is 1.29. The zero-order chi connectivity index (χ0) is 6.86. The number of nitrogens with one attached hydrogen (secondary N) is 1. The quantitative estimate of drug-likeness (QED) is 0.555. The van der Waals surface area contributed by atoms with Crippen molar-refractivity contribution in [3.63, 3.8) is 0 Å². The molecule has 0 bridgehead atoms. The maximum Gasteiger partial charge on any atom is 0.0657 e. The first kappa shape index (κ1) is 6.95. The molecule has 1 N–H and O–H groups in total. The van der Waals surface area contributed by atoms with Crippen LogP contribution in [0.5, 0.6) is 0 Å². The summed E-state index contributed by atoms with van der Waals surface area (Å²) in [5, 5.41) is 3.55. The van der Waals surface area contributed by atoms with Crippen LogP contribution in [0, 0.1) is 0 Å². The van der Waals surface area contributed by atoms with Gasteiger partial charge >= 0.3 is 0 Å². The third kappa shape index (κ3) is 1.18. The topological polar surface area (TPSA) is 21.3 Å². The van der Waals surface area contributed by atoms with Crippen molar-refractivity contribution in [3.05, 3.63) is 0 Å². The molecule has 2 saturated heterocycles. The highest BCUT2D eigenvalue weighted by Crippen LogP contribution is 2.29. The van der Waals surface area contributed by atoms with Crippen molar-refractivity contribution in [1.29, 1.82) is 0 Å². The van der Waals surface area contributed by atoms with Gasteiger partial charge in [-0.3, -0.25) is 0 Å². The average molecular weight is 159 g/mol. The minimum atomic E-state index is 0.364. The highest BCUT2D eigenvalue weighted by Gasteiger charge is 2.35. The molecule has 1 atom stereocenters. The molecule has 0 amide bonds. The van der Waals surface area contributed by atoms with Crippen LogP contribution >= 0.6 is 11.8 Å². The molecular formula is C7H13NOS. The summed E-state index contributed by atoms with van der Waals surface area (Å²) >= 11 is 2.04. The van der Waals surface area contributed by atoms with Crippen LogP contribution in [0.3, 0.4) is 0 Å². The van der Waals surface area contributed by atoms with Crippen molar-refractivity contribution in [1.82, 2.24) is 5.32 Å². The second kappa shape index (κ2) is 2.72. The molecule has 2 rings (SSSR count). The number of morpholine rings is 1. The molecule has 2 nitrogen and oxygen atoms in total. The Bertz CT molecular complexity index is 115. The van der Waals surface area contributed by atoms with Gasteiger partial charge in [0.25, 0.3) is 0 Å². The normalized spacial score (nSPS) is 40.8. The molecule has 2 heterocycles. The van der Waals surface area contributed by atoms with Crippen molar-refractivity contribution in [2.45, 2.75) is 12.0 Å². The van der Waals surface area contributed by atoms with Crippen LogP contribution in [-0.4, -0.2) is 36.8 Å². The van der Waals surface area contributed by atoms with E-state index in [0.717, 1.165) is 19.8 Å². The Hall–Kier alpha value is 0.270. The van der Waals surface area contributed by atoms with Crippen molar-refractivity contribution in [2.75, 3.05) is 31.3 Å². The van der Waals surface area contributed by atoms with Crippen LogP contribution in [0.25, 0.3) is 0 Å². The molecule has 0 aromatic rings. The Morgan fingerprint density at radius 1 is 1.50 bits per heavy atom. The van der Waals surface area contributed by atoms with E-state index >= 15 is 0 Å². The number of thioether (sulfide) groups is 1. The van der Waals surface area contributed by atoms with Gasteiger partial charge in [0.05, 0.1) is 18.8 Å². The SMILES string of the molecule is C1COCC2(CCSC2)N1. The standard InChI is InChI=1S/C7H13NOS/c1-4-10-6-7(1)5-9-3-2-8-7/h8H,1-6H2. The van der Waals surface area contributed by atoms with E-state index in [-0.39, 0.29) is 0 Å². The fourth-order valence-corrected chi connectivity index (χ4v) is 2.97. The molecule has 10 heavy (non-hydrogen) atoms. The van der Waals surface area contributed by atoms with Crippen molar-refractivity contribution < 1.29 is 4.74 Å². The van der Waals surface area contributed by atoms with E-state index < -0.39 is 0 Å². The predicted octanol–water partition coefficient (Wildman–Crippen LogP) is 0.482. The largest absolute Gasteiger partial charge is 0.378 e. The molecule has 0 aromatic heterocycles. The van der Waals surface area contributed by atoms with Gasteiger partial charge in [-0.1, -0.05) is 0 Å². The number of hydrogen-bond donors (Lipinski definition) is 1. The van der Waals surface area contributed by atoms with Crippen LogP contribution in [0.2, 0.25) is 0 Å².